The molecule has 0 fully saturated rings. The Morgan fingerprint density at radius 1 is 1.08 bits per heavy atom. The zero-order valence-corrected chi connectivity index (χ0v) is 14.2. The molecule has 128 valence electrons. The van der Waals surface area contributed by atoms with Crippen LogP contribution in [0, 0.1) is 0 Å². The average Bonchev–Trinajstić information content (AvgIpc) is 3.12. The summed E-state index contributed by atoms with van der Waals surface area (Å²) < 4.78 is 1.94. The lowest BCUT2D eigenvalue weighted by molar-refractivity contribution is -0.122. The highest BCUT2D eigenvalue weighted by molar-refractivity contribution is 5.83. The van der Waals surface area contributed by atoms with Crippen molar-refractivity contribution < 1.29 is 4.79 Å². The Labute approximate surface area is 147 Å². The number of carbonyl (C=O) groups is 1. The highest BCUT2D eigenvalue weighted by Crippen LogP contribution is 2.19. The summed E-state index contributed by atoms with van der Waals surface area (Å²) in [6.07, 6.45) is 7.73. The first-order chi connectivity index (χ1) is 12.3. The topological polar surface area (TPSA) is 72.7 Å². The molecular weight excluding hydrogens is 314 g/mol. The maximum absolute atomic E-state index is 12.5. The van der Waals surface area contributed by atoms with Gasteiger partial charge in [-0.2, -0.15) is 0 Å². The number of hydrogen-bond acceptors (Lipinski definition) is 4. The molecule has 0 spiro atoms. The molecule has 0 aliphatic carbocycles. The molecule has 1 unspecified atom stereocenters. The van der Waals surface area contributed by atoms with Gasteiger partial charge in [-0.1, -0.05) is 37.3 Å². The van der Waals surface area contributed by atoms with Gasteiger partial charge in [-0.05, 0) is 18.1 Å². The molecule has 0 aliphatic heterocycles. The minimum atomic E-state index is -0.124. The zero-order valence-electron chi connectivity index (χ0n) is 14.2. The molecule has 25 heavy (non-hydrogen) atoms. The van der Waals surface area contributed by atoms with Crippen LogP contribution >= 0.6 is 0 Å². The minimum absolute atomic E-state index is 0.0475. The summed E-state index contributed by atoms with van der Waals surface area (Å²) in [5.41, 5.74) is 1.04. The zero-order chi connectivity index (χ0) is 17.5. The first-order valence-electron chi connectivity index (χ1n) is 8.40. The van der Waals surface area contributed by atoms with E-state index in [4.69, 9.17) is 0 Å². The van der Waals surface area contributed by atoms with Gasteiger partial charge in [0.25, 0.3) is 0 Å². The second kappa shape index (κ2) is 8.19. The van der Waals surface area contributed by atoms with Crippen LogP contribution in [0.15, 0.2) is 61.2 Å². The summed E-state index contributed by atoms with van der Waals surface area (Å²) >= 11 is 0. The quantitative estimate of drug-likeness (QED) is 0.720. The van der Waals surface area contributed by atoms with Gasteiger partial charge in [-0.15, -0.1) is 0 Å². The van der Waals surface area contributed by atoms with E-state index in [-0.39, 0.29) is 11.8 Å². The number of amides is 1. The van der Waals surface area contributed by atoms with Crippen LogP contribution in [0.3, 0.4) is 0 Å². The molecule has 1 N–H and O–H groups in total. The Balaban J connectivity index is 1.60. The maximum Gasteiger partial charge on any atom is 0.227 e. The standard InChI is InChI=1S/C19H21N5O/c1-2-16(15-7-4-3-5-8-15)19(25)23-12-14-24-13-11-22-18(24)17-20-9-6-10-21-17/h3-11,13,16H,2,12,14H2,1H3,(H,23,25). The smallest absolute Gasteiger partial charge is 0.227 e. The predicted octanol–water partition coefficient (Wildman–Crippen LogP) is 2.65. The summed E-state index contributed by atoms with van der Waals surface area (Å²) in [5, 5.41) is 3.02. The van der Waals surface area contributed by atoms with E-state index < -0.39 is 0 Å². The summed E-state index contributed by atoms with van der Waals surface area (Å²) in [5.74, 6) is 1.20. The fourth-order valence-electron chi connectivity index (χ4n) is 2.79. The van der Waals surface area contributed by atoms with Crippen LogP contribution in [0.4, 0.5) is 0 Å². The van der Waals surface area contributed by atoms with Gasteiger partial charge in [0.05, 0.1) is 5.92 Å². The molecule has 1 aromatic carbocycles. The van der Waals surface area contributed by atoms with Gasteiger partial charge >= 0.3 is 0 Å². The van der Waals surface area contributed by atoms with Crippen molar-refractivity contribution in [1.82, 2.24) is 24.8 Å². The van der Waals surface area contributed by atoms with Gasteiger partial charge in [-0.25, -0.2) is 15.0 Å². The second-order valence-corrected chi connectivity index (χ2v) is 5.68. The van der Waals surface area contributed by atoms with E-state index in [0.29, 0.717) is 24.7 Å². The van der Waals surface area contributed by atoms with E-state index in [1.807, 2.05) is 48.0 Å². The molecule has 2 aromatic heterocycles. The Hall–Kier alpha value is -3.02. The van der Waals surface area contributed by atoms with Crippen molar-refractivity contribution in [2.75, 3.05) is 6.54 Å². The van der Waals surface area contributed by atoms with Crippen molar-refractivity contribution in [3.63, 3.8) is 0 Å². The van der Waals surface area contributed by atoms with Crippen LogP contribution in [0.1, 0.15) is 24.8 Å². The normalized spacial score (nSPS) is 11.9. The van der Waals surface area contributed by atoms with Crippen molar-refractivity contribution in [1.29, 1.82) is 0 Å². The van der Waals surface area contributed by atoms with Crippen molar-refractivity contribution >= 4 is 5.91 Å². The Morgan fingerprint density at radius 2 is 1.84 bits per heavy atom. The molecular formula is C19H21N5O. The molecule has 1 atom stereocenters. The fourth-order valence-corrected chi connectivity index (χ4v) is 2.79. The third-order valence-corrected chi connectivity index (χ3v) is 4.06. The summed E-state index contributed by atoms with van der Waals surface area (Å²) in [4.78, 5) is 25.3. The third kappa shape index (κ3) is 4.09. The largest absolute Gasteiger partial charge is 0.354 e. The number of nitrogens with zero attached hydrogens (tertiary/aromatic N) is 4. The Morgan fingerprint density at radius 3 is 2.56 bits per heavy atom. The van der Waals surface area contributed by atoms with Crippen LogP contribution in [-0.4, -0.2) is 32.0 Å². The van der Waals surface area contributed by atoms with Crippen molar-refractivity contribution in [2.45, 2.75) is 25.8 Å². The number of imidazole rings is 1. The lowest BCUT2D eigenvalue weighted by Gasteiger charge is -2.16. The third-order valence-electron chi connectivity index (χ3n) is 4.06. The van der Waals surface area contributed by atoms with Crippen LogP contribution < -0.4 is 5.32 Å². The highest BCUT2D eigenvalue weighted by atomic mass is 16.1. The summed E-state index contributed by atoms with van der Waals surface area (Å²) in [7, 11) is 0. The average molecular weight is 335 g/mol. The van der Waals surface area contributed by atoms with Crippen molar-refractivity contribution in [3.05, 3.63) is 66.7 Å². The molecule has 6 nitrogen and oxygen atoms in total. The van der Waals surface area contributed by atoms with Gasteiger partial charge < -0.3 is 9.88 Å². The van der Waals surface area contributed by atoms with Crippen molar-refractivity contribution in [2.24, 2.45) is 0 Å². The fraction of sp³-hybridized carbons (Fsp3) is 0.263. The van der Waals surface area contributed by atoms with E-state index in [9.17, 15) is 4.79 Å². The van der Waals surface area contributed by atoms with Crippen LogP contribution in [-0.2, 0) is 11.3 Å². The van der Waals surface area contributed by atoms with Gasteiger partial charge in [0.15, 0.2) is 11.6 Å². The van der Waals surface area contributed by atoms with Crippen LogP contribution in [0.25, 0.3) is 11.6 Å². The Kier molecular flexibility index (Phi) is 5.51. The predicted molar refractivity (Wildman–Crippen MR) is 95.7 cm³/mol. The number of carbonyl (C=O) groups excluding carboxylic acids is 1. The number of hydrogen-bond donors (Lipinski definition) is 1. The SMILES string of the molecule is CCC(C(=O)NCCn1ccnc1-c1ncccn1)c1ccccc1. The van der Waals surface area contributed by atoms with Crippen molar-refractivity contribution in [3.8, 4) is 11.6 Å². The first-order valence-corrected chi connectivity index (χ1v) is 8.40. The molecule has 2 heterocycles. The minimum Gasteiger partial charge on any atom is -0.354 e. The second-order valence-electron chi connectivity index (χ2n) is 5.68. The molecule has 3 aromatic rings. The number of nitrogens with one attached hydrogen (secondary N) is 1. The number of aromatic nitrogens is 4. The van der Waals surface area contributed by atoms with Gasteiger partial charge in [0.1, 0.15) is 0 Å². The number of rotatable bonds is 7. The summed E-state index contributed by atoms with van der Waals surface area (Å²) in [6, 6.07) is 11.6. The van der Waals surface area contributed by atoms with E-state index in [1.54, 1.807) is 24.7 Å². The maximum atomic E-state index is 12.5. The van der Waals surface area contributed by atoms with Gasteiger partial charge in [-0.3, -0.25) is 4.79 Å². The van der Waals surface area contributed by atoms with E-state index >= 15 is 0 Å². The van der Waals surface area contributed by atoms with E-state index in [0.717, 1.165) is 12.0 Å². The molecule has 1 amide bonds. The lowest BCUT2D eigenvalue weighted by Crippen LogP contribution is -2.31. The highest BCUT2D eigenvalue weighted by Gasteiger charge is 2.18. The van der Waals surface area contributed by atoms with Gasteiger partial charge in [0, 0.05) is 37.9 Å². The van der Waals surface area contributed by atoms with Gasteiger partial charge in [0.2, 0.25) is 5.91 Å². The molecule has 3 rings (SSSR count). The molecule has 6 heteroatoms. The lowest BCUT2D eigenvalue weighted by atomic mass is 9.96. The van der Waals surface area contributed by atoms with E-state index in [2.05, 4.69) is 20.3 Å². The Bertz CT molecular complexity index is 801. The molecule has 0 saturated heterocycles. The molecule has 0 bridgehead atoms. The van der Waals surface area contributed by atoms with Crippen LogP contribution in [0.2, 0.25) is 0 Å². The first kappa shape index (κ1) is 16.8. The monoisotopic (exact) mass is 335 g/mol. The molecule has 0 saturated carbocycles. The van der Waals surface area contributed by atoms with Crippen LogP contribution in [0.5, 0.6) is 0 Å². The summed E-state index contributed by atoms with van der Waals surface area (Å²) in [6.45, 7) is 3.17. The number of benzene rings is 1. The van der Waals surface area contributed by atoms with E-state index in [1.165, 1.54) is 0 Å². The molecule has 0 aliphatic rings. The molecule has 0 radical (unpaired) electrons.